The fraction of sp³-hybridized carbons (Fsp3) is 0.526. The van der Waals surface area contributed by atoms with Crippen LogP contribution in [0.5, 0.6) is 11.5 Å². The van der Waals surface area contributed by atoms with Gasteiger partial charge in [-0.3, -0.25) is 10.1 Å². The van der Waals surface area contributed by atoms with Gasteiger partial charge in [-0.05, 0) is 38.0 Å². The molecule has 2 rings (SSSR count). The first-order valence-corrected chi connectivity index (χ1v) is 8.99. The molecule has 1 aliphatic rings. The molecule has 1 unspecified atom stereocenters. The van der Waals surface area contributed by atoms with Crippen LogP contribution >= 0.6 is 0 Å². The number of ether oxygens (including phenoxy) is 3. The third kappa shape index (κ3) is 5.87. The number of hydrogen-bond donors (Lipinski definition) is 2. The minimum Gasteiger partial charge on any atom is -0.497 e. The van der Waals surface area contributed by atoms with Crippen molar-refractivity contribution in [3.8, 4) is 11.5 Å². The van der Waals surface area contributed by atoms with Crippen molar-refractivity contribution in [2.75, 3.05) is 14.2 Å². The summed E-state index contributed by atoms with van der Waals surface area (Å²) >= 11 is 0. The number of methoxy groups -OCH3 is 2. The number of hydrogen-bond acceptors (Lipinski definition) is 6. The quantitative estimate of drug-likeness (QED) is 0.737. The summed E-state index contributed by atoms with van der Waals surface area (Å²) in [6.45, 7) is 1.40. The zero-order chi connectivity index (χ0) is 19.8. The third-order valence-corrected chi connectivity index (χ3v) is 4.46. The molecule has 3 amide bonds. The fourth-order valence-electron chi connectivity index (χ4n) is 2.93. The van der Waals surface area contributed by atoms with Crippen LogP contribution in [-0.4, -0.2) is 44.3 Å². The first-order valence-electron chi connectivity index (χ1n) is 8.99. The van der Waals surface area contributed by atoms with Gasteiger partial charge in [0.15, 0.2) is 6.10 Å². The average molecular weight is 378 g/mol. The molecule has 1 saturated carbocycles. The lowest BCUT2D eigenvalue weighted by Gasteiger charge is -2.23. The van der Waals surface area contributed by atoms with Crippen LogP contribution in [0.4, 0.5) is 4.79 Å². The number of esters is 1. The summed E-state index contributed by atoms with van der Waals surface area (Å²) in [5.74, 6) is -0.699. The monoisotopic (exact) mass is 378 g/mol. The van der Waals surface area contributed by atoms with Gasteiger partial charge in [0.05, 0.1) is 14.2 Å². The number of imide groups is 1. The van der Waals surface area contributed by atoms with E-state index in [2.05, 4.69) is 10.6 Å². The number of amides is 3. The van der Waals surface area contributed by atoms with Gasteiger partial charge in [0.25, 0.3) is 5.91 Å². The van der Waals surface area contributed by atoms with E-state index in [-0.39, 0.29) is 11.6 Å². The molecule has 1 aromatic carbocycles. The van der Waals surface area contributed by atoms with Gasteiger partial charge in [-0.2, -0.15) is 0 Å². The van der Waals surface area contributed by atoms with E-state index in [4.69, 9.17) is 14.2 Å². The van der Waals surface area contributed by atoms with Gasteiger partial charge in [-0.25, -0.2) is 9.59 Å². The van der Waals surface area contributed by atoms with Crippen LogP contribution in [0.3, 0.4) is 0 Å². The Bertz CT molecular complexity index is 685. The lowest BCUT2D eigenvalue weighted by atomic mass is 9.96. The SMILES string of the molecule is COc1ccc(OC)c(C(=O)OC(C)C(=O)NC(=O)NC2CCCCC2)c1. The van der Waals surface area contributed by atoms with Crippen LogP contribution in [0, 0.1) is 0 Å². The maximum atomic E-state index is 12.4. The molecule has 1 fully saturated rings. The molecular weight excluding hydrogens is 352 g/mol. The molecule has 8 heteroatoms. The summed E-state index contributed by atoms with van der Waals surface area (Å²) in [5.41, 5.74) is 0.128. The molecule has 148 valence electrons. The van der Waals surface area contributed by atoms with E-state index < -0.39 is 24.0 Å². The molecule has 0 spiro atoms. The highest BCUT2D eigenvalue weighted by Gasteiger charge is 2.24. The van der Waals surface area contributed by atoms with Crippen LogP contribution in [0.25, 0.3) is 0 Å². The molecule has 0 aliphatic heterocycles. The summed E-state index contributed by atoms with van der Waals surface area (Å²) < 4.78 is 15.4. The van der Waals surface area contributed by atoms with Gasteiger partial charge in [0.1, 0.15) is 17.1 Å². The molecule has 8 nitrogen and oxygen atoms in total. The Balaban J connectivity index is 1.91. The van der Waals surface area contributed by atoms with Crippen LogP contribution in [-0.2, 0) is 9.53 Å². The van der Waals surface area contributed by atoms with E-state index in [1.807, 2.05) is 0 Å². The van der Waals surface area contributed by atoms with Crippen molar-refractivity contribution in [1.82, 2.24) is 10.6 Å². The second kappa shape index (κ2) is 9.80. The van der Waals surface area contributed by atoms with Crippen molar-refractivity contribution < 1.29 is 28.6 Å². The molecule has 0 aromatic heterocycles. The molecule has 1 aliphatic carbocycles. The van der Waals surface area contributed by atoms with Crippen LogP contribution in [0.2, 0.25) is 0 Å². The van der Waals surface area contributed by atoms with E-state index in [0.717, 1.165) is 25.7 Å². The topological polar surface area (TPSA) is 103 Å². The molecule has 2 N–H and O–H groups in total. The number of carbonyl (C=O) groups is 3. The van der Waals surface area contributed by atoms with E-state index in [1.54, 1.807) is 12.1 Å². The van der Waals surface area contributed by atoms with Crippen LogP contribution in [0.15, 0.2) is 18.2 Å². The first-order chi connectivity index (χ1) is 12.9. The summed E-state index contributed by atoms with van der Waals surface area (Å²) in [5, 5.41) is 4.99. The standard InChI is InChI=1S/C19H26N2O6/c1-12(17(22)21-19(24)20-13-7-5-4-6-8-13)27-18(23)15-11-14(25-2)9-10-16(15)26-3/h9-13H,4-8H2,1-3H3,(H2,20,21,22,24). The smallest absolute Gasteiger partial charge is 0.342 e. The average Bonchev–Trinajstić information content (AvgIpc) is 2.67. The van der Waals surface area contributed by atoms with E-state index in [9.17, 15) is 14.4 Å². The van der Waals surface area contributed by atoms with Crippen molar-refractivity contribution in [2.45, 2.75) is 51.2 Å². The largest absolute Gasteiger partial charge is 0.497 e. The maximum absolute atomic E-state index is 12.4. The van der Waals surface area contributed by atoms with E-state index in [0.29, 0.717) is 11.5 Å². The number of urea groups is 1. The Kier molecular flexibility index (Phi) is 7.45. The highest BCUT2D eigenvalue weighted by atomic mass is 16.5. The zero-order valence-electron chi connectivity index (χ0n) is 15.9. The van der Waals surface area contributed by atoms with Crippen molar-refractivity contribution >= 4 is 17.9 Å². The minimum absolute atomic E-state index is 0.0745. The van der Waals surface area contributed by atoms with Gasteiger partial charge in [-0.15, -0.1) is 0 Å². The number of benzene rings is 1. The minimum atomic E-state index is -1.15. The predicted octanol–water partition coefficient (Wildman–Crippen LogP) is 2.41. The van der Waals surface area contributed by atoms with Crippen LogP contribution in [0.1, 0.15) is 49.4 Å². The highest BCUT2D eigenvalue weighted by Crippen LogP contribution is 2.25. The second-order valence-electron chi connectivity index (χ2n) is 6.41. The molecule has 0 heterocycles. The zero-order valence-corrected chi connectivity index (χ0v) is 15.9. The fourth-order valence-corrected chi connectivity index (χ4v) is 2.93. The molecular formula is C19H26N2O6. The van der Waals surface area contributed by atoms with Crippen molar-refractivity contribution in [2.24, 2.45) is 0 Å². The lowest BCUT2D eigenvalue weighted by Crippen LogP contribution is -2.48. The Morgan fingerprint density at radius 3 is 2.41 bits per heavy atom. The highest BCUT2D eigenvalue weighted by molar-refractivity contribution is 5.99. The van der Waals surface area contributed by atoms with Crippen LogP contribution < -0.4 is 20.1 Å². The van der Waals surface area contributed by atoms with E-state index in [1.165, 1.54) is 33.6 Å². The molecule has 0 bridgehead atoms. The normalized spacial score (nSPS) is 15.4. The van der Waals surface area contributed by atoms with Crippen molar-refractivity contribution in [3.05, 3.63) is 23.8 Å². The number of carbonyl (C=O) groups excluding carboxylic acids is 3. The molecule has 0 saturated heterocycles. The van der Waals surface area contributed by atoms with Crippen molar-refractivity contribution in [1.29, 1.82) is 0 Å². The summed E-state index contributed by atoms with van der Waals surface area (Å²) in [6.07, 6.45) is 3.96. The van der Waals surface area contributed by atoms with Gasteiger partial charge in [0, 0.05) is 6.04 Å². The molecule has 27 heavy (non-hydrogen) atoms. The van der Waals surface area contributed by atoms with E-state index >= 15 is 0 Å². The number of rotatable bonds is 6. The second-order valence-corrected chi connectivity index (χ2v) is 6.41. The third-order valence-electron chi connectivity index (χ3n) is 4.46. The van der Waals surface area contributed by atoms with Gasteiger partial charge >= 0.3 is 12.0 Å². The summed E-state index contributed by atoms with van der Waals surface area (Å²) in [6, 6.07) is 4.17. The lowest BCUT2D eigenvalue weighted by molar-refractivity contribution is -0.127. The molecule has 1 aromatic rings. The summed E-state index contributed by atoms with van der Waals surface area (Å²) in [7, 11) is 2.89. The molecule has 1 atom stereocenters. The number of nitrogens with one attached hydrogen (secondary N) is 2. The molecule has 0 radical (unpaired) electrons. The summed E-state index contributed by atoms with van der Waals surface area (Å²) in [4.78, 5) is 36.5. The Morgan fingerprint density at radius 2 is 1.78 bits per heavy atom. The Hall–Kier alpha value is -2.77. The van der Waals surface area contributed by atoms with Gasteiger partial charge in [0.2, 0.25) is 0 Å². The predicted molar refractivity (Wildman–Crippen MR) is 98.0 cm³/mol. The first kappa shape index (κ1) is 20.5. The van der Waals surface area contributed by atoms with Crippen molar-refractivity contribution in [3.63, 3.8) is 0 Å². The van der Waals surface area contributed by atoms with Gasteiger partial charge < -0.3 is 19.5 Å². The Labute approximate surface area is 158 Å². The maximum Gasteiger partial charge on any atom is 0.342 e. The Morgan fingerprint density at radius 1 is 1.07 bits per heavy atom. The van der Waals surface area contributed by atoms with Gasteiger partial charge in [-0.1, -0.05) is 19.3 Å².